The van der Waals surface area contributed by atoms with Crippen molar-refractivity contribution in [1.82, 2.24) is 19.9 Å². The molecule has 4 aromatic heterocycles. The molecule has 1 fully saturated rings. The van der Waals surface area contributed by atoms with Gasteiger partial charge in [-0.05, 0) is 36.6 Å². The Morgan fingerprint density at radius 3 is 2.94 bits per heavy atom. The fourth-order valence-electron chi connectivity index (χ4n) is 3.85. The van der Waals surface area contributed by atoms with Crippen LogP contribution in [0.2, 0.25) is 10.2 Å². The first-order chi connectivity index (χ1) is 15.2. The Balaban J connectivity index is 1.27. The highest BCUT2D eigenvalue weighted by Gasteiger charge is 2.18. The van der Waals surface area contributed by atoms with E-state index in [2.05, 4.69) is 32.4 Å². The van der Waals surface area contributed by atoms with Crippen molar-refractivity contribution in [3.63, 3.8) is 0 Å². The number of pyridine rings is 2. The highest BCUT2D eigenvalue weighted by atomic mass is 35.5. The van der Waals surface area contributed by atoms with Crippen LogP contribution >= 0.6 is 34.5 Å². The van der Waals surface area contributed by atoms with E-state index in [1.54, 1.807) is 17.5 Å². The first-order valence-corrected chi connectivity index (χ1v) is 11.8. The fraction of sp³-hybridized carbons (Fsp3) is 0.318. The molecule has 0 aromatic carbocycles. The second kappa shape index (κ2) is 9.12. The molecule has 0 amide bonds. The molecule has 0 spiro atoms. The lowest BCUT2D eigenvalue weighted by Gasteiger charge is -2.21. The average Bonchev–Trinajstić information content (AvgIpc) is 3.36. The summed E-state index contributed by atoms with van der Waals surface area (Å²) in [5.74, 6) is 0.480. The molecule has 31 heavy (non-hydrogen) atoms. The first-order valence-electron chi connectivity index (χ1n) is 10.2. The molecule has 160 valence electrons. The number of fused-ring (bicyclic) bond motifs is 1. The quantitative estimate of drug-likeness (QED) is 0.369. The van der Waals surface area contributed by atoms with Crippen molar-refractivity contribution in [1.29, 1.82) is 0 Å². The first kappa shape index (κ1) is 20.7. The fourth-order valence-corrected chi connectivity index (χ4v) is 5.20. The molecule has 0 saturated carbocycles. The number of hydrogen-bond acceptors (Lipinski definition) is 6. The van der Waals surface area contributed by atoms with E-state index in [4.69, 9.17) is 32.9 Å². The molecule has 6 nitrogen and oxygen atoms in total. The highest BCUT2D eigenvalue weighted by Crippen LogP contribution is 2.32. The lowest BCUT2D eigenvalue weighted by atomic mass is 9.96. The number of hydrogen-bond donors (Lipinski definition) is 2. The Bertz CT molecular complexity index is 1200. The van der Waals surface area contributed by atoms with Crippen molar-refractivity contribution >= 4 is 50.7 Å². The number of thiazole rings is 1. The number of ether oxygens (including phenoxy) is 1. The second-order valence-electron chi connectivity index (χ2n) is 7.57. The van der Waals surface area contributed by atoms with Crippen molar-refractivity contribution in [2.75, 3.05) is 18.5 Å². The molecule has 9 heteroatoms. The number of nitrogens with one attached hydrogen (secondary N) is 2. The second-order valence-corrected chi connectivity index (χ2v) is 9.45. The predicted octanol–water partition coefficient (Wildman–Crippen LogP) is 5.82. The van der Waals surface area contributed by atoms with Gasteiger partial charge in [0.25, 0.3) is 0 Å². The van der Waals surface area contributed by atoms with Gasteiger partial charge in [-0.2, -0.15) is 0 Å². The van der Waals surface area contributed by atoms with Gasteiger partial charge in [-0.1, -0.05) is 29.3 Å². The van der Waals surface area contributed by atoms with Crippen LogP contribution in [0.5, 0.6) is 0 Å². The lowest BCUT2D eigenvalue weighted by molar-refractivity contribution is 0.0845. The van der Waals surface area contributed by atoms with Gasteiger partial charge in [0.05, 0.1) is 22.1 Å². The van der Waals surface area contributed by atoms with Gasteiger partial charge >= 0.3 is 0 Å². The van der Waals surface area contributed by atoms with E-state index in [0.29, 0.717) is 29.1 Å². The van der Waals surface area contributed by atoms with Crippen LogP contribution in [-0.4, -0.2) is 33.1 Å². The molecule has 5 rings (SSSR count). The molecule has 5 heterocycles. The monoisotopic (exact) mass is 473 g/mol. The average molecular weight is 474 g/mol. The van der Waals surface area contributed by atoms with Crippen molar-refractivity contribution < 1.29 is 4.74 Å². The number of halogens is 2. The molecule has 0 aliphatic carbocycles. The SMILES string of the molecule is Clc1cnc2[nH]cc(Cc3sc(NCc4cccc(C5CCOCC5)n4)nc3Cl)c2c1. The van der Waals surface area contributed by atoms with Crippen LogP contribution in [0.3, 0.4) is 0 Å². The van der Waals surface area contributed by atoms with E-state index in [1.165, 1.54) is 0 Å². The van der Waals surface area contributed by atoms with Gasteiger partial charge < -0.3 is 15.0 Å². The standard InChI is InChI=1S/C22H21Cl2N5OS/c23-15-9-17-14(10-25-21(17)26-11-15)8-19-20(24)29-22(31-19)27-12-16-2-1-3-18(28-16)13-4-6-30-7-5-13/h1-3,9-11,13H,4-8,12H2,(H,25,26)(H,27,29). The van der Waals surface area contributed by atoms with E-state index in [1.807, 2.05) is 18.3 Å². The van der Waals surface area contributed by atoms with Gasteiger partial charge in [-0.15, -0.1) is 11.3 Å². The third kappa shape index (κ3) is 4.70. The van der Waals surface area contributed by atoms with Crippen LogP contribution in [0.4, 0.5) is 5.13 Å². The number of aromatic nitrogens is 4. The zero-order valence-electron chi connectivity index (χ0n) is 16.7. The van der Waals surface area contributed by atoms with Gasteiger partial charge in [0, 0.05) is 49.0 Å². The summed E-state index contributed by atoms with van der Waals surface area (Å²) < 4.78 is 5.47. The van der Waals surface area contributed by atoms with Crippen molar-refractivity contribution in [3.8, 4) is 0 Å². The lowest BCUT2D eigenvalue weighted by Crippen LogP contribution is -2.15. The predicted molar refractivity (Wildman–Crippen MR) is 125 cm³/mol. The number of rotatable bonds is 6. The maximum Gasteiger partial charge on any atom is 0.184 e. The topological polar surface area (TPSA) is 75.7 Å². The molecule has 1 aliphatic rings. The maximum atomic E-state index is 6.43. The molecule has 1 aliphatic heterocycles. The maximum absolute atomic E-state index is 6.43. The summed E-state index contributed by atoms with van der Waals surface area (Å²) in [7, 11) is 0. The Morgan fingerprint density at radius 1 is 1.19 bits per heavy atom. The highest BCUT2D eigenvalue weighted by molar-refractivity contribution is 7.16. The molecule has 0 unspecified atom stereocenters. The van der Waals surface area contributed by atoms with E-state index in [-0.39, 0.29) is 0 Å². The van der Waals surface area contributed by atoms with Crippen LogP contribution < -0.4 is 5.32 Å². The Labute approximate surface area is 194 Å². The molecule has 2 N–H and O–H groups in total. The molecular formula is C22H21Cl2N5OS. The molecule has 4 aromatic rings. The van der Waals surface area contributed by atoms with E-state index in [9.17, 15) is 0 Å². The van der Waals surface area contributed by atoms with Crippen LogP contribution in [0.25, 0.3) is 11.0 Å². The van der Waals surface area contributed by atoms with Crippen molar-refractivity contribution in [3.05, 3.63) is 68.7 Å². The summed E-state index contributed by atoms with van der Waals surface area (Å²) >= 11 is 14.1. The summed E-state index contributed by atoms with van der Waals surface area (Å²) in [6.45, 7) is 2.23. The summed E-state index contributed by atoms with van der Waals surface area (Å²) in [6.07, 6.45) is 6.31. The number of nitrogens with zero attached hydrogens (tertiary/aromatic N) is 3. The third-order valence-electron chi connectivity index (χ3n) is 5.47. The van der Waals surface area contributed by atoms with E-state index >= 15 is 0 Å². The van der Waals surface area contributed by atoms with Gasteiger partial charge in [0.15, 0.2) is 5.13 Å². The number of anilines is 1. The van der Waals surface area contributed by atoms with Gasteiger partial charge in [0.2, 0.25) is 0 Å². The van der Waals surface area contributed by atoms with Gasteiger partial charge in [-0.25, -0.2) is 9.97 Å². The van der Waals surface area contributed by atoms with E-state index < -0.39 is 0 Å². The molecule has 0 atom stereocenters. The van der Waals surface area contributed by atoms with Crippen LogP contribution in [0.15, 0.2) is 36.7 Å². The summed E-state index contributed by atoms with van der Waals surface area (Å²) in [6, 6.07) is 8.14. The zero-order chi connectivity index (χ0) is 21.2. The summed E-state index contributed by atoms with van der Waals surface area (Å²) in [5, 5.41) is 6.29. The van der Waals surface area contributed by atoms with Crippen LogP contribution in [0, 0.1) is 0 Å². The minimum atomic E-state index is 0.480. The largest absolute Gasteiger partial charge is 0.381 e. The van der Waals surface area contributed by atoms with E-state index in [0.717, 1.165) is 64.0 Å². The zero-order valence-corrected chi connectivity index (χ0v) is 19.0. The van der Waals surface area contributed by atoms with Gasteiger partial charge in [-0.3, -0.25) is 4.98 Å². The third-order valence-corrected chi connectivity index (χ3v) is 7.12. The molecular weight excluding hydrogens is 453 g/mol. The molecule has 0 radical (unpaired) electrons. The smallest absolute Gasteiger partial charge is 0.184 e. The van der Waals surface area contributed by atoms with Crippen molar-refractivity contribution in [2.24, 2.45) is 0 Å². The normalized spacial score (nSPS) is 14.9. The summed E-state index contributed by atoms with van der Waals surface area (Å²) in [4.78, 5) is 17.8. The molecule has 1 saturated heterocycles. The van der Waals surface area contributed by atoms with Crippen LogP contribution in [0.1, 0.15) is 40.6 Å². The number of H-pyrrole nitrogens is 1. The Hall–Kier alpha value is -2.19. The minimum absolute atomic E-state index is 0.480. The summed E-state index contributed by atoms with van der Waals surface area (Å²) in [5.41, 5.74) is 4.04. The Morgan fingerprint density at radius 2 is 2.06 bits per heavy atom. The number of aromatic amines is 1. The van der Waals surface area contributed by atoms with Crippen molar-refractivity contribution in [2.45, 2.75) is 31.7 Å². The van der Waals surface area contributed by atoms with Gasteiger partial charge in [0.1, 0.15) is 10.8 Å². The van der Waals surface area contributed by atoms with Crippen LogP contribution in [-0.2, 0) is 17.7 Å². The minimum Gasteiger partial charge on any atom is -0.381 e. The Kier molecular flexibility index (Phi) is 6.09. The molecule has 0 bridgehead atoms.